The molecule has 1 unspecified atom stereocenters. The number of hydrogen-bond donors (Lipinski definition) is 3. The molecule has 3 heterocycles. The van der Waals surface area contributed by atoms with Gasteiger partial charge in [-0.25, -0.2) is 0 Å². The standard InChI is InChI=1S/C22H26N4O/c1-13-9-17(10-14(2)24-13)21-15(3)19-7-6-16(11-20(19)26-21)22(27)25-18-5-4-8-23-12-18/h6-7,9-11,18,23,26H,4-5,8,12H2,1-3H3,(H,25,27). The van der Waals surface area contributed by atoms with E-state index in [4.69, 9.17) is 0 Å². The SMILES string of the molecule is Cc1cc(-c2[nH]c3cc(C(=O)NC4CCCNC4)ccc3c2C)cc(C)n1. The van der Waals surface area contributed by atoms with Crippen molar-refractivity contribution >= 4 is 16.8 Å². The Balaban J connectivity index is 1.65. The minimum atomic E-state index is -0.00463. The molecule has 3 aromatic rings. The second kappa shape index (κ2) is 7.16. The van der Waals surface area contributed by atoms with Crippen LogP contribution in [0.15, 0.2) is 30.3 Å². The second-order valence-corrected chi connectivity index (χ2v) is 7.54. The van der Waals surface area contributed by atoms with Crippen LogP contribution in [0.25, 0.3) is 22.2 Å². The molecule has 4 rings (SSSR count). The topological polar surface area (TPSA) is 69.8 Å². The highest BCUT2D eigenvalue weighted by molar-refractivity contribution is 6.00. The van der Waals surface area contributed by atoms with Crippen LogP contribution in [0.4, 0.5) is 0 Å². The zero-order chi connectivity index (χ0) is 19.0. The van der Waals surface area contributed by atoms with Crippen LogP contribution in [0, 0.1) is 20.8 Å². The molecule has 1 fully saturated rings. The Morgan fingerprint density at radius 3 is 2.63 bits per heavy atom. The number of carbonyl (C=O) groups is 1. The molecule has 1 aromatic carbocycles. The molecule has 140 valence electrons. The fraction of sp³-hybridized carbons (Fsp3) is 0.364. The normalized spacial score (nSPS) is 17.2. The zero-order valence-electron chi connectivity index (χ0n) is 16.1. The van der Waals surface area contributed by atoms with E-state index in [1.54, 1.807) is 0 Å². The van der Waals surface area contributed by atoms with Gasteiger partial charge in [-0.05, 0) is 70.0 Å². The van der Waals surface area contributed by atoms with Gasteiger partial charge < -0.3 is 15.6 Å². The van der Waals surface area contributed by atoms with E-state index in [-0.39, 0.29) is 11.9 Å². The highest BCUT2D eigenvalue weighted by Gasteiger charge is 2.18. The van der Waals surface area contributed by atoms with E-state index in [0.29, 0.717) is 5.56 Å². The van der Waals surface area contributed by atoms with E-state index < -0.39 is 0 Å². The molecule has 27 heavy (non-hydrogen) atoms. The maximum Gasteiger partial charge on any atom is 0.251 e. The molecule has 0 radical (unpaired) electrons. The number of aryl methyl sites for hydroxylation is 3. The van der Waals surface area contributed by atoms with E-state index in [1.165, 1.54) is 5.56 Å². The van der Waals surface area contributed by atoms with Gasteiger partial charge in [-0.2, -0.15) is 0 Å². The average Bonchev–Trinajstić information content (AvgIpc) is 2.98. The van der Waals surface area contributed by atoms with Crippen molar-refractivity contribution in [3.8, 4) is 11.3 Å². The number of amides is 1. The quantitative estimate of drug-likeness (QED) is 0.666. The summed E-state index contributed by atoms with van der Waals surface area (Å²) in [6, 6.07) is 10.3. The number of benzene rings is 1. The number of fused-ring (bicyclic) bond motifs is 1. The van der Waals surface area contributed by atoms with E-state index in [9.17, 15) is 4.79 Å². The van der Waals surface area contributed by atoms with E-state index in [2.05, 4.69) is 39.7 Å². The summed E-state index contributed by atoms with van der Waals surface area (Å²) in [7, 11) is 0. The molecular weight excluding hydrogens is 336 g/mol. The summed E-state index contributed by atoms with van der Waals surface area (Å²) < 4.78 is 0. The molecule has 1 aliphatic heterocycles. The monoisotopic (exact) mass is 362 g/mol. The van der Waals surface area contributed by atoms with Gasteiger partial charge in [0.25, 0.3) is 5.91 Å². The first-order valence-electron chi connectivity index (χ1n) is 9.61. The first kappa shape index (κ1) is 17.7. The number of nitrogens with one attached hydrogen (secondary N) is 3. The molecule has 0 spiro atoms. The molecule has 2 aromatic heterocycles. The van der Waals surface area contributed by atoms with Crippen LogP contribution < -0.4 is 10.6 Å². The number of aromatic nitrogens is 2. The Morgan fingerprint density at radius 1 is 1.15 bits per heavy atom. The molecule has 3 N–H and O–H groups in total. The molecule has 0 saturated carbocycles. The summed E-state index contributed by atoms with van der Waals surface area (Å²) in [6.45, 7) is 8.03. The second-order valence-electron chi connectivity index (χ2n) is 7.54. The summed E-state index contributed by atoms with van der Waals surface area (Å²) in [6.07, 6.45) is 2.14. The largest absolute Gasteiger partial charge is 0.354 e. The molecule has 1 saturated heterocycles. The summed E-state index contributed by atoms with van der Waals surface area (Å²) in [5, 5.41) is 7.62. The lowest BCUT2D eigenvalue weighted by Gasteiger charge is -2.23. The number of carbonyl (C=O) groups excluding carboxylic acids is 1. The molecular formula is C22H26N4O. The first-order chi connectivity index (χ1) is 13.0. The average molecular weight is 362 g/mol. The molecule has 1 aliphatic rings. The van der Waals surface area contributed by atoms with E-state index in [0.717, 1.165) is 59.5 Å². The number of aromatic amines is 1. The lowest BCUT2D eigenvalue weighted by Crippen LogP contribution is -2.45. The third-order valence-electron chi connectivity index (χ3n) is 5.32. The van der Waals surface area contributed by atoms with Crippen molar-refractivity contribution in [2.24, 2.45) is 0 Å². The number of H-pyrrole nitrogens is 1. The molecule has 1 amide bonds. The third-order valence-corrected chi connectivity index (χ3v) is 5.32. The van der Waals surface area contributed by atoms with Crippen molar-refractivity contribution < 1.29 is 4.79 Å². The Morgan fingerprint density at radius 2 is 1.93 bits per heavy atom. The number of rotatable bonds is 3. The predicted molar refractivity (Wildman–Crippen MR) is 109 cm³/mol. The summed E-state index contributed by atoms with van der Waals surface area (Å²) in [5.74, 6) is -0.00463. The van der Waals surface area contributed by atoms with Gasteiger partial charge in [-0.15, -0.1) is 0 Å². The van der Waals surface area contributed by atoms with Crippen LogP contribution in [0.2, 0.25) is 0 Å². The lowest BCUT2D eigenvalue weighted by atomic mass is 10.0. The van der Waals surface area contributed by atoms with Crippen LogP contribution >= 0.6 is 0 Å². The molecule has 0 aliphatic carbocycles. The number of pyridine rings is 1. The van der Waals surface area contributed by atoms with Gasteiger partial charge in [0.2, 0.25) is 0 Å². The Kier molecular flexibility index (Phi) is 4.70. The fourth-order valence-electron chi connectivity index (χ4n) is 3.99. The van der Waals surface area contributed by atoms with Gasteiger partial charge >= 0.3 is 0 Å². The smallest absolute Gasteiger partial charge is 0.251 e. The van der Waals surface area contributed by atoms with Gasteiger partial charge in [0.05, 0.1) is 0 Å². The maximum absolute atomic E-state index is 12.6. The first-order valence-corrected chi connectivity index (χ1v) is 9.61. The number of nitrogens with zero attached hydrogens (tertiary/aromatic N) is 1. The van der Waals surface area contributed by atoms with Crippen LogP contribution in [0.1, 0.15) is 40.2 Å². The van der Waals surface area contributed by atoms with Gasteiger partial charge in [-0.3, -0.25) is 9.78 Å². The van der Waals surface area contributed by atoms with Crippen molar-refractivity contribution in [2.45, 2.75) is 39.7 Å². The third kappa shape index (κ3) is 3.60. The molecule has 5 nitrogen and oxygen atoms in total. The van der Waals surface area contributed by atoms with Crippen molar-refractivity contribution in [1.29, 1.82) is 0 Å². The molecule has 1 atom stereocenters. The molecule has 0 bridgehead atoms. The van der Waals surface area contributed by atoms with Gasteiger partial charge in [-0.1, -0.05) is 6.07 Å². The van der Waals surface area contributed by atoms with Crippen LogP contribution in [-0.4, -0.2) is 35.0 Å². The summed E-state index contributed by atoms with van der Waals surface area (Å²) in [5.41, 5.74) is 7.11. The number of piperidine rings is 1. The van der Waals surface area contributed by atoms with Crippen molar-refractivity contribution in [3.63, 3.8) is 0 Å². The van der Waals surface area contributed by atoms with Crippen LogP contribution in [-0.2, 0) is 0 Å². The van der Waals surface area contributed by atoms with Crippen LogP contribution in [0.5, 0.6) is 0 Å². The maximum atomic E-state index is 12.6. The van der Waals surface area contributed by atoms with Crippen molar-refractivity contribution in [3.05, 3.63) is 52.8 Å². The highest BCUT2D eigenvalue weighted by Crippen LogP contribution is 2.30. The summed E-state index contributed by atoms with van der Waals surface area (Å²) in [4.78, 5) is 20.6. The lowest BCUT2D eigenvalue weighted by molar-refractivity contribution is 0.0931. The van der Waals surface area contributed by atoms with Crippen LogP contribution in [0.3, 0.4) is 0 Å². The Hall–Kier alpha value is -2.66. The minimum Gasteiger partial charge on any atom is -0.354 e. The van der Waals surface area contributed by atoms with Gasteiger partial charge in [0, 0.05) is 51.7 Å². The Bertz CT molecular complexity index is 979. The highest BCUT2D eigenvalue weighted by atomic mass is 16.1. The van der Waals surface area contributed by atoms with E-state index in [1.807, 2.05) is 32.0 Å². The van der Waals surface area contributed by atoms with Crippen molar-refractivity contribution in [2.75, 3.05) is 13.1 Å². The van der Waals surface area contributed by atoms with Gasteiger partial charge in [0.15, 0.2) is 0 Å². The van der Waals surface area contributed by atoms with Gasteiger partial charge in [0.1, 0.15) is 0 Å². The minimum absolute atomic E-state index is 0.00463. The number of hydrogen-bond acceptors (Lipinski definition) is 3. The van der Waals surface area contributed by atoms with E-state index >= 15 is 0 Å². The fourth-order valence-corrected chi connectivity index (χ4v) is 3.99. The zero-order valence-corrected chi connectivity index (χ0v) is 16.1. The Labute approximate surface area is 159 Å². The summed E-state index contributed by atoms with van der Waals surface area (Å²) >= 11 is 0. The van der Waals surface area contributed by atoms with Crippen molar-refractivity contribution in [1.82, 2.24) is 20.6 Å². The molecule has 5 heteroatoms. The predicted octanol–water partition coefficient (Wildman–Crippen LogP) is 3.64.